The summed E-state index contributed by atoms with van der Waals surface area (Å²) in [5.41, 5.74) is 1.46. The maximum Gasteiger partial charge on any atom is 0.119 e. The summed E-state index contributed by atoms with van der Waals surface area (Å²) >= 11 is 0. The van der Waals surface area contributed by atoms with Crippen LogP contribution in [-0.4, -0.2) is 19.7 Å². The molecule has 1 aliphatic carbocycles. The highest BCUT2D eigenvalue weighted by molar-refractivity contribution is 5.31. The Morgan fingerprint density at radius 3 is 2.71 bits per heavy atom. The molecule has 0 radical (unpaired) electrons. The molecule has 0 unspecified atom stereocenters. The zero-order chi connectivity index (χ0) is 11.5. The van der Waals surface area contributed by atoms with Crippen molar-refractivity contribution < 1.29 is 4.74 Å². The number of ether oxygens (including phenoxy) is 1. The molecule has 3 rings (SSSR count). The first kappa shape index (κ1) is 11.1. The molecule has 1 aromatic carbocycles. The Kier molecular flexibility index (Phi) is 3.32. The summed E-state index contributed by atoms with van der Waals surface area (Å²) in [4.78, 5) is 0. The third kappa shape index (κ3) is 3.01. The molecule has 1 aromatic rings. The molecule has 17 heavy (non-hydrogen) atoms. The van der Waals surface area contributed by atoms with Gasteiger partial charge in [0.1, 0.15) is 5.75 Å². The molecule has 0 amide bonds. The highest BCUT2D eigenvalue weighted by Gasteiger charge is 2.22. The second-order valence-electron chi connectivity index (χ2n) is 5.35. The second kappa shape index (κ2) is 5.09. The largest absolute Gasteiger partial charge is 0.493 e. The van der Waals surface area contributed by atoms with Gasteiger partial charge in [-0.15, -0.1) is 0 Å². The summed E-state index contributed by atoms with van der Waals surface area (Å²) in [5.74, 6) is 2.62. The highest BCUT2D eigenvalue weighted by Crippen LogP contribution is 2.31. The van der Waals surface area contributed by atoms with Crippen LogP contribution < -0.4 is 10.1 Å². The summed E-state index contributed by atoms with van der Waals surface area (Å²) in [6.07, 6.45) is 5.22. The number of rotatable bonds is 4. The Labute approximate surface area is 103 Å². The zero-order valence-electron chi connectivity index (χ0n) is 10.3. The molecule has 2 fully saturated rings. The van der Waals surface area contributed by atoms with Crippen LogP contribution in [0.2, 0.25) is 0 Å². The summed E-state index contributed by atoms with van der Waals surface area (Å²) < 4.78 is 5.85. The van der Waals surface area contributed by atoms with E-state index in [-0.39, 0.29) is 0 Å². The molecule has 0 bridgehead atoms. The van der Waals surface area contributed by atoms with Crippen LogP contribution in [0, 0.1) is 5.92 Å². The van der Waals surface area contributed by atoms with Crippen LogP contribution >= 0.6 is 0 Å². The topological polar surface area (TPSA) is 21.3 Å². The fourth-order valence-corrected chi connectivity index (χ4v) is 2.51. The van der Waals surface area contributed by atoms with E-state index >= 15 is 0 Å². The van der Waals surface area contributed by atoms with Crippen LogP contribution in [-0.2, 0) is 0 Å². The van der Waals surface area contributed by atoms with E-state index in [1.54, 1.807) is 0 Å². The van der Waals surface area contributed by atoms with E-state index in [4.69, 9.17) is 4.74 Å². The van der Waals surface area contributed by atoms with Crippen LogP contribution in [0.4, 0.5) is 0 Å². The lowest BCUT2D eigenvalue weighted by molar-refractivity contribution is 0.299. The number of hydrogen-bond acceptors (Lipinski definition) is 2. The normalized spacial score (nSPS) is 21.4. The van der Waals surface area contributed by atoms with E-state index in [2.05, 4.69) is 29.6 Å². The third-order valence-corrected chi connectivity index (χ3v) is 3.85. The van der Waals surface area contributed by atoms with Gasteiger partial charge in [0.25, 0.3) is 0 Å². The van der Waals surface area contributed by atoms with E-state index in [0.717, 1.165) is 37.3 Å². The fraction of sp³-hybridized carbons (Fsp3) is 0.600. The lowest BCUT2D eigenvalue weighted by atomic mass is 9.90. The summed E-state index contributed by atoms with van der Waals surface area (Å²) in [7, 11) is 0. The molecule has 92 valence electrons. The molecular weight excluding hydrogens is 210 g/mol. The molecule has 2 aliphatic rings. The van der Waals surface area contributed by atoms with Crippen molar-refractivity contribution in [2.24, 2.45) is 5.92 Å². The van der Waals surface area contributed by atoms with Gasteiger partial charge in [-0.05, 0) is 68.3 Å². The van der Waals surface area contributed by atoms with Gasteiger partial charge in [0.2, 0.25) is 0 Å². The fourth-order valence-electron chi connectivity index (χ4n) is 2.51. The predicted molar refractivity (Wildman–Crippen MR) is 69.5 cm³/mol. The number of nitrogens with one attached hydrogen (secondary N) is 1. The van der Waals surface area contributed by atoms with Crippen LogP contribution in [0.15, 0.2) is 24.3 Å². The molecule has 1 N–H and O–H groups in total. The molecule has 0 aromatic heterocycles. The molecule has 0 atom stereocenters. The molecule has 2 heteroatoms. The highest BCUT2D eigenvalue weighted by atomic mass is 16.5. The number of piperidine rings is 1. The van der Waals surface area contributed by atoms with Gasteiger partial charge >= 0.3 is 0 Å². The van der Waals surface area contributed by atoms with Crippen LogP contribution in [0.5, 0.6) is 5.75 Å². The second-order valence-corrected chi connectivity index (χ2v) is 5.35. The van der Waals surface area contributed by atoms with Crippen molar-refractivity contribution in [3.63, 3.8) is 0 Å². The average molecular weight is 231 g/mol. The monoisotopic (exact) mass is 231 g/mol. The van der Waals surface area contributed by atoms with Crippen molar-refractivity contribution in [1.29, 1.82) is 0 Å². The number of benzene rings is 1. The van der Waals surface area contributed by atoms with Gasteiger partial charge in [0.05, 0.1) is 6.61 Å². The van der Waals surface area contributed by atoms with E-state index in [9.17, 15) is 0 Å². The van der Waals surface area contributed by atoms with Crippen molar-refractivity contribution >= 4 is 0 Å². The summed E-state index contributed by atoms with van der Waals surface area (Å²) in [6.45, 7) is 3.21. The van der Waals surface area contributed by atoms with Gasteiger partial charge in [0, 0.05) is 0 Å². The molecule has 1 heterocycles. The Morgan fingerprint density at radius 1 is 1.12 bits per heavy atom. The maximum atomic E-state index is 5.85. The Morgan fingerprint density at radius 2 is 1.94 bits per heavy atom. The Hall–Kier alpha value is -1.02. The molecule has 1 saturated heterocycles. The lowest BCUT2D eigenvalue weighted by Crippen LogP contribution is -2.26. The van der Waals surface area contributed by atoms with Crippen molar-refractivity contribution in [1.82, 2.24) is 5.32 Å². The first-order valence-corrected chi connectivity index (χ1v) is 6.85. The van der Waals surface area contributed by atoms with Gasteiger partial charge in [-0.1, -0.05) is 12.1 Å². The molecule has 0 spiro atoms. The molecule has 1 aliphatic heterocycles. The predicted octanol–water partition coefficient (Wildman–Crippen LogP) is 2.94. The Bertz CT molecular complexity index is 367. The molecule has 1 saturated carbocycles. The van der Waals surface area contributed by atoms with Crippen molar-refractivity contribution in [3.05, 3.63) is 29.8 Å². The van der Waals surface area contributed by atoms with Crippen molar-refractivity contribution in [3.8, 4) is 5.75 Å². The number of hydrogen-bond donors (Lipinski definition) is 1. The van der Waals surface area contributed by atoms with Gasteiger partial charge in [-0.2, -0.15) is 0 Å². The van der Waals surface area contributed by atoms with Crippen LogP contribution in [0.25, 0.3) is 0 Å². The average Bonchev–Trinajstić information content (AvgIpc) is 3.22. The van der Waals surface area contributed by atoms with Gasteiger partial charge in [-0.25, -0.2) is 0 Å². The van der Waals surface area contributed by atoms with Crippen molar-refractivity contribution in [2.75, 3.05) is 19.7 Å². The maximum absolute atomic E-state index is 5.85. The molecule has 2 nitrogen and oxygen atoms in total. The van der Waals surface area contributed by atoms with Crippen molar-refractivity contribution in [2.45, 2.75) is 31.6 Å². The van der Waals surface area contributed by atoms with E-state index in [0.29, 0.717) is 0 Å². The zero-order valence-corrected chi connectivity index (χ0v) is 10.3. The minimum Gasteiger partial charge on any atom is -0.493 e. The third-order valence-electron chi connectivity index (χ3n) is 3.85. The smallest absolute Gasteiger partial charge is 0.119 e. The standard InChI is InChI=1S/C15H21NO/c1-2-14(13-6-8-16-9-7-13)10-15(3-1)17-11-12-4-5-12/h1-3,10,12-13,16H,4-9,11H2. The van der Waals surface area contributed by atoms with Crippen LogP contribution in [0.3, 0.4) is 0 Å². The lowest BCUT2D eigenvalue weighted by Gasteiger charge is -2.23. The van der Waals surface area contributed by atoms with Gasteiger partial charge < -0.3 is 10.1 Å². The summed E-state index contributed by atoms with van der Waals surface area (Å²) in [6, 6.07) is 8.73. The van der Waals surface area contributed by atoms with Gasteiger partial charge in [0.15, 0.2) is 0 Å². The SMILES string of the molecule is c1cc(OCC2CC2)cc(C2CCNCC2)c1. The van der Waals surface area contributed by atoms with Crippen LogP contribution in [0.1, 0.15) is 37.2 Å². The first-order valence-electron chi connectivity index (χ1n) is 6.85. The molecular formula is C15H21NO. The summed E-state index contributed by atoms with van der Waals surface area (Å²) in [5, 5.41) is 3.42. The van der Waals surface area contributed by atoms with E-state index in [1.165, 1.54) is 31.2 Å². The minimum atomic E-state index is 0.723. The minimum absolute atomic E-state index is 0.723. The quantitative estimate of drug-likeness (QED) is 0.860. The van der Waals surface area contributed by atoms with E-state index in [1.807, 2.05) is 0 Å². The van der Waals surface area contributed by atoms with Gasteiger partial charge in [-0.3, -0.25) is 0 Å². The Balaban J connectivity index is 1.64. The first-order chi connectivity index (χ1) is 8.42. The van der Waals surface area contributed by atoms with E-state index < -0.39 is 0 Å².